The van der Waals surface area contributed by atoms with E-state index in [9.17, 15) is 9.90 Å². The molecule has 1 fully saturated rings. The Morgan fingerprint density at radius 1 is 1.27 bits per heavy atom. The van der Waals surface area contributed by atoms with Crippen LogP contribution in [-0.2, 0) is 4.79 Å². The van der Waals surface area contributed by atoms with Crippen LogP contribution in [0.3, 0.4) is 0 Å². The molecule has 1 aliphatic carbocycles. The number of hydrogen-bond acceptors (Lipinski definition) is 2. The highest BCUT2D eigenvalue weighted by Crippen LogP contribution is 2.19. The zero-order valence-corrected chi connectivity index (χ0v) is 9.99. The fourth-order valence-corrected chi connectivity index (χ4v) is 1.90. The molecule has 3 heteroatoms. The molecule has 1 rings (SSSR count). The smallest absolute Gasteiger partial charge is 0.223 e. The minimum absolute atomic E-state index is 0.0209. The number of aliphatic hydroxyl groups is 1. The van der Waals surface area contributed by atoms with Crippen LogP contribution < -0.4 is 5.32 Å². The van der Waals surface area contributed by atoms with Gasteiger partial charge in [0.1, 0.15) is 0 Å². The molecular formula is C12H23NO2. The van der Waals surface area contributed by atoms with Crippen molar-refractivity contribution in [3.8, 4) is 0 Å². The number of aliphatic hydroxyl groups excluding tert-OH is 1. The van der Waals surface area contributed by atoms with E-state index in [1.165, 1.54) is 0 Å². The minimum Gasteiger partial charge on any atom is -0.391 e. The molecule has 0 aromatic heterocycles. The van der Waals surface area contributed by atoms with Gasteiger partial charge in [-0.25, -0.2) is 0 Å². The Balaban J connectivity index is 2.42. The highest BCUT2D eigenvalue weighted by Gasteiger charge is 2.26. The van der Waals surface area contributed by atoms with E-state index in [4.69, 9.17) is 0 Å². The third-order valence-electron chi connectivity index (χ3n) is 3.47. The first-order valence-electron chi connectivity index (χ1n) is 6.00. The van der Waals surface area contributed by atoms with Crippen molar-refractivity contribution in [2.24, 2.45) is 11.8 Å². The van der Waals surface area contributed by atoms with Crippen LogP contribution in [0, 0.1) is 11.8 Å². The van der Waals surface area contributed by atoms with Gasteiger partial charge in [-0.1, -0.05) is 33.6 Å². The van der Waals surface area contributed by atoms with Crippen molar-refractivity contribution in [1.29, 1.82) is 0 Å². The summed E-state index contributed by atoms with van der Waals surface area (Å²) in [5.74, 6) is 0.459. The molecule has 0 aliphatic heterocycles. The van der Waals surface area contributed by atoms with Crippen LogP contribution in [0.5, 0.6) is 0 Å². The molecule has 0 aromatic carbocycles. The van der Waals surface area contributed by atoms with Gasteiger partial charge in [-0.15, -0.1) is 0 Å². The number of carbonyl (C=O) groups excluding carboxylic acids is 1. The molecule has 1 aliphatic rings. The van der Waals surface area contributed by atoms with Gasteiger partial charge in [-0.2, -0.15) is 0 Å². The largest absolute Gasteiger partial charge is 0.391 e. The lowest BCUT2D eigenvalue weighted by Crippen LogP contribution is -2.47. The van der Waals surface area contributed by atoms with E-state index < -0.39 is 0 Å². The van der Waals surface area contributed by atoms with Crippen molar-refractivity contribution in [3.05, 3.63) is 0 Å². The summed E-state index contributed by atoms with van der Waals surface area (Å²) in [5.41, 5.74) is 0. The van der Waals surface area contributed by atoms with Crippen LogP contribution in [-0.4, -0.2) is 23.2 Å². The fraction of sp³-hybridized carbons (Fsp3) is 0.917. The van der Waals surface area contributed by atoms with E-state index in [0.29, 0.717) is 5.92 Å². The number of hydrogen-bond donors (Lipinski definition) is 2. The lowest BCUT2D eigenvalue weighted by molar-refractivity contribution is -0.127. The molecule has 0 bridgehead atoms. The second-order valence-electron chi connectivity index (χ2n) is 5.00. The molecule has 15 heavy (non-hydrogen) atoms. The molecule has 0 spiro atoms. The molecule has 0 heterocycles. The summed E-state index contributed by atoms with van der Waals surface area (Å²) in [5, 5.41) is 12.7. The Morgan fingerprint density at radius 2 is 1.87 bits per heavy atom. The first-order chi connectivity index (χ1) is 7.02. The maximum atomic E-state index is 11.8. The van der Waals surface area contributed by atoms with Crippen LogP contribution in [0.1, 0.15) is 46.5 Å². The SMILES string of the molecule is CC(C)C(C)C(=O)N[C@H]1CCCC[C@@H]1O. The average Bonchev–Trinajstić information content (AvgIpc) is 2.20. The summed E-state index contributed by atoms with van der Waals surface area (Å²) in [7, 11) is 0. The quantitative estimate of drug-likeness (QED) is 0.749. The predicted molar refractivity (Wildman–Crippen MR) is 60.4 cm³/mol. The van der Waals surface area contributed by atoms with E-state index in [1.807, 2.05) is 20.8 Å². The molecule has 2 N–H and O–H groups in total. The van der Waals surface area contributed by atoms with Crippen molar-refractivity contribution < 1.29 is 9.90 Å². The highest BCUT2D eigenvalue weighted by molar-refractivity contribution is 5.78. The molecule has 0 radical (unpaired) electrons. The Hall–Kier alpha value is -0.570. The molecule has 0 aromatic rings. The van der Waals surface area contributed by atoms with Gasteiger partial charge >= 0.3 is 0 Å². The van der Waals surface area contributed by atoms with Crippen LogP contribution in [0.4, 0.5) is 0 Å². The first kappa shape index (κ1) is 12.5. The third-order valence-corrected chi connectivity index (χ3v) is 3.47. The van der Waals surface area contributed by atoms with E-state index >= 15 is 0 Å². The zero-order chi connectivity index (χ0) is 11.4. The van der Waals surface area contributed by atoms with Crippen molar-refractivity contribution in [2.75, 3.05) is 0 Å². The average molecular weight is 213 g/mol. The number of carbonyl (C=O) groups is 1. The maximum absolute atomic E-state index is 11.8. The number of nitrogens with one attached hydrogen (secondary N) is 1. The summed E-state index contributed by atoms with van der Waals surface area (Å²) in [6.07, 6.45) is 3.58. The Labute approximate surface area is 92.3 Å². The highest BCUT2D eigenvalue weighted by atomic mass is 16.3. The monoisotopic (exact) mass is 213 g/mol. The molecular weight excluding hydrogens is 190 g/mol. The molecule has 88 valence electrons. The van der Waals surface area contributed by atoms with Gasteiger partial charge < -0.3 is 10.4 Å². The summed E-state index contributed by atoms with van der Waals surface area (Å²) in [6.45, 7) is 6.03. The van der Waals surface area contributed by atoms with Crippen molar-refractivity contribution >= 4 is 5.91 Å². The summed E-state index contributed by atoms with van der Waals surface area (Å²) < 4.78 is 0. The van der Waals surface area contributed by atoms with Crippen molar-refractivity contribution in [3.63, 3.8) is 0 Å². The molecule has 1 unspecified atom stereocenters. The van der Waals surface area contributed by atoms with Gasteiger partial charge in [-0.3, -0.25) is 4.79 Å². The predicted octanol–water partition coefficient (Wildman–Crippen LogP) is 1.70. The molecule has 0 saturated heterocycles. The van der Waals surface area contributed by atoms with Crippen LogP contribution >= 0.6 is 0 Å². The van der Waals surface area contributed by atoms with Gasteiger partial charge in [0.15, 0.2) is 0 Å². The van der Waals surface area contributed by atoms with Crippen molar-refractivity contribution in [1.82, 2.24) is 5.32 Å². The van der Waals surface area contributed by atoms with Crippen LogP contribution in [0.25, 0.3) is 0 Å². The third kappa shape index (κ3) is 3.49. The van der Waals surface area contributed by atoms with Crippen LogP contribution in [0.15, 0.2) is 0 Å². The second kappa shape index (κ2) is 5.50. The fourth-order valence-electron chi connectivity index (χ4n) is 1.90. The lowest BCUT2D eigenvalue weighted by atomic mass is 9.91. The zero-order valence-electron chi connectivity index (χ0n) is 9.99. The van der Waals surface area contributed by atoms with Gasteiger partial charge in [0.25, 0.3) is 0 Å². The van der Waals surface area contributed by atoms with Gasteiger partial charge in [0.05, 0.1) is 12.1 Å². The summed E-state index contributed by atoms with van der Waals surface area (Å²) in [4.78, 5) is 11.8. The van der Waals surface area contributed by atoms with Gasteiger partial charge in [-0.05, 0) is 18.8 Å². The Bertz CT molecular complexity index is 216. The number of amides is 1. The van der Waals surface area contributed by atoms with E-state index in [0.717, 1.165) is 25.7 Å². The summed E-state index contributed by atoms with van der Waals surface area (Å²) >= 11 is 0. The molecule has 1 saturated carbocycles. The second-order valence-corrected chi connectivity index (χ2v) is 5.00. The number of rotatable bonds is 3. The Kier molecular flexibility index (Phi) is 4.58. The topological polar surface area (TPSA) is 49.3 Å². The normalized spacial score (nSPS) is 28.9. The van der Waals surface area contributed by atoms with E-state index in [-0.39, 0.29) is 24.0 Å². The molecule has 3 nitrogen and oxygen atoms in total. The first-order valence-corrected chi connectivity index (χ1v) is 6.00. The standard InChI is InChI=1S/C12H23NO2/c1-8(2)9(3)12(15)13-10-6-4-5-7-11(10)14/h8-11,14H,4-7H2,1-3H3,(H,13,15)/t9?,10-,11-/m0/s1. The van der Waals surface area contributed by atoms with E-state index in [2.05, 4.69) is 5.32 Å². The van der Waals surface area contributed by atoms with Gasteiger partial charge in [0, 0.05) is 5.92 Å². The minimum atomic E-state index is -0.345. The van der Waals surface area contributed by atoms with Gasteiger partial charge in [0.2, 0.25) is 5.91 Å². The lowest BCUT2D eigenvalue weighted by Gasteiger charge is -2.29. The summed E-state index contributed by atoms with van der Waals surface area (Å²) in [6, 6.07) is -0.0209. The molecule has 3 atom stereocenters. The van der Waals surface area contributed by atoms with Crippen LogP contribution in [0.2, 0.25) is 0 Å². The maximum Gasteiger partial charge on any atom is 0.223 e. The molecule has 1 amide bonds. The van der Waals surface area contributed by atoms with E-state index in [1.54, 1.807) is 0 Å². The Morgan fingerprint density at radius 3 is 2.40 bits per heavy atom. The van der Waals surface area contributed by atoms with Crippen molar-refractivity contribution in [2.45, 2.75) is 58.6 Å².